The molecule has 0 atom stereocenters. The average molecular weight is 488 g/mol. The summed E-state index contributed by atoms with van der Waals surface area (Å²) in [5, 5.41) is 0. The van der Waals surface area contributed by atoms with Gasteiger partial charge in [-0.3, -0.25) is 4.79 Å². The number of para-hydroxylation sites is 1. The molecule has 0 saturated carbocycles. The van der Waals surface area contributed by atoms with Crippen molar-refractivity contribution in [2.45, 2.75) is 64.8 Å². The SMILES string of the molecule is CCCCN(CCCC)S(=O)(=O)c1ccc(C(=O)N=c2sc3cccc(C)c3n2CC)cc1. The first-order valence-electron chi connectivity index (χ1n) is 11.6. The number of hydrogen-bond donors (Lipinski definition) is 0. The molecule has 8 heteroatoms. The van der Waals surface area contributed by atoms with Crippen LogP contribution in [0.3, 0.4) is 0 Å². The van der Waals surface area contributed by atoms with Crippen LogP contribution in [0.15, 0.2) is 52.4 Å². The Balaban J connectivity index is 1.90. The van der Waals surface area contributed by atoms with E-state index in [0.29, 0.717) is 30.0 Å². The first-order valence-corrected chi connectivity index (χ1v) is 13.9. The fourth-order valence-electron chi connectivity index (χ4n) is 3.78. The minimum atomic E-state index is -3.59. The number of hydrogen-bond acceptors (Lipinski definition) is 4. The number of aryl methyl sites for hydroxylation is 2. The van der Waals surface area contributed by atoms with E-state index < -0.39 is 10.0 Å². The van der Waals surface area contributed by atoms with Crippen LogP contribution in [0.5, 0.6) is 0 Å². The van der Waals surface area contributed by atoms with Crippen molar-refractivity contribution in [1.29, 1.82) is 0 Å². The number of thiazole rings is 1. The van der Waals surface area contributed by atoms with E-state index in [9.17, 15) is 13.2 Å². The van der Waals surface area contributed by atoms with Gasteiger partial charge in [-0.2, -0.15) is 9.30 Å². The molecule has 0 radical (unpaired) electrons. The lowest BCUT2D eigenvalue weighted by Crippen LogP contribution is -2.33. The number of amides is 1. The number of fused-ring (bicyclic) bond motifs is 1. The summed E-state index contributed by atoms with van der Waals surface area (Å²) in [5.41, 5.74) is 2.61. The molecule has 0 aliphatic carbocycles. The predicted molar refractivity (Wildman–Crippen MR) is 135 cm³/mol. The monoisotopic (exact) mass is 487 g/mol. The molecule has 6 nitrogen and oxygen atoms in total. The Labute approximate surface area is 200 Å². The van der Waals surface area contributed by atoms with E-state index in [-0.39, 0.29) is 10.8 Å². The average Bonchev–Trinajstić information content (AvgIpc) is 3.17. The third-order valence-electron chi connectivity index (χ3n) is 5.68. The van der Waals surface area contributed by atoms with Crippen LogP contribution in [0.4, 0.5) is 0 Å². The van der Waals surface area contributed by atoms with Crippen molar-refractivity contribution in [3.63, 3.8) is 0 Å². The van der Waals surface area contributed by atoms with Crippen LogP contribution in [0.25, 0.3) is 10.2 Å². The lowest BCUT2D eigenvalue weighted by molar-refractivity contribution is 0.0997. The maximum atomic E-state index is 13.1. The van der Waals surface area contributed by atoms with Gasteiger partial charge in [-0.1, -0.05) is 50.2 Å². The summed E-state index contributed by atoms with van der Waals surface area (Å²) < 4.78 is 31.0. The number of unbranched alkanes of at least 4 members (excludes halogenated alkanes) is 2. The number of carbonyl (C=O) groups is 1. The van der Waals surface area contributed by atoms with Gasteiger partial charge in [-0.25, -0.2) is 8.42 Å². The normalized spacial score (nSPS) is 12.7. The van der Waals surface area contributed by atoms with Crippen LogP contribution >= 0.6 is 11.3 Å². The van der Waals surface area contributed by atoms with Gasteiger partial charge in [-0.05, 0) is 62.6 Å². The highest BCUT2D eigenvalue weighted by atomic mass is 32.2. The summed E-state index contributed by atoms with van der Waals surface area (Å²) in [4.78, 5) is 18.1. The molecule has 3 aromatic rings. The molecule has 178 valence electrons. The first-order chi connectivity index (χ1) is 15.8. The predicted octanol–water partition coefficient (Wildman–Crippen LogP) is 5.36. The van der Waals surface area contributed by atoms with Crippen LogP contribution in [-0.2, 0) is 16.6 Å². The topological polar surface area (TPSA) is 71.7 Å². The molecular weight excluding hydrogens is 454 g/mol. The Morgan fingerprint density at radius 1 is 1.00 bits per heavy atom. The van der Waals surface area contributed by atoms with Gasteiger partial charge in [0, 0.05) is 25.2 Å². The van der Waals surface area contributed by atoms with Crippen molar-refractivity contribution < 1.29 is 13.2 Å². The molecule has 1 heterocycles. The van der Waals surface area contributed by atoms with Crippen molar-refractivity contribution in [2.24, 2.45) is 4.99 Å². The molecule has 1 aromatic heterocycles. The zero-order chi connectivity index (χ0) is 24.0. The Bertz CT molecular complexity index is 1260. The Morgan fingerprint density at radius 3 is 2.21 bits per heavy atom. The minimum absolute atomic E-state index is 0.215. The summed E-state index contributed by atoms with van der Waals surface area (Å²) in [6.07, 6.45) is 3.51. The summed E-state index contributed by atoms with van der Waals surface area (Å²) in [6, 6.07) is 12.2. The summed E-state index contributed by atoms with van der Waals surface area (Å²) >= 11 is 1.49. The molecule has 3 rings (SSSR count). The lowest BCUT2D eigenvalue weighted by Gasteiger charge is -2.22. The highest BCUT2D eigenvalue weighted by Gasteiger charge is 2.23. The van der Waals surface area contributed by atoms with Crippen molar-refractivity contribution in [1.82, 2.24) is 8.87 Å². The van der Waals surface area contributed by atoms with E-state index in [1.807, 2.05) is 23.6 Å². The van der Waals surface area contributed by atoms with Gasteiger partial charge in [0.15, 0.2) is 4.80 Å². The van der Waals surface area contributed by atoms with Crippen molar-refractivity contribution in [3.05, 3.63) is 58.4 Å². The van der Waals surface area contributed by atoms with Crippen molar-refractivity contribution >= 4 is 37.5 Å². The van der Waals surface area contributed by atoms with Crippen molar-refractivity contribution in [2.75, 3.05) is 13.1 Å². The van der Waals surface area contributed by atoms with Gasteiger partial charge >= 0.3 is 0 Å². The highest BCUT2D eigenvalue weighted by molar-refractivity contribution is 7.89. The van der Waals surface area contributed by atoms with Crippen molar-refractivity contribution in [3.8, 4) is 0 Å². The largest absolute Gasteiger partial charge is 0.316 e. The molecule has 0 aliphatic heterocycles. The van der Waals surface area contributed by atoms with E-state index in [2.05, 4.69) is 31.8 Å². The van der Waals surface area contributed by atoms with Gasteiger partial charge < -0.3 is 4.57 Å². The molecule has 0 fully saturated rings. The van der Waals surface area contributed by atoms with Gasteiger partial charge in [0.05, 0.1) is 15.1 Å². The van der Waals surface area contributed by atoms with Crippen LogP contribution in [0.1, 0.15) is 62.4 Å². The Hall–Kier alpha value is -2.29. The number of benzene rings is 2. The third-order valence-corrected chi connectivity index (χ3v) is 8.63. The summed E-state index contributed by atoms with van der Waals surface area (Å²) in [5.74, 6) is -0.376. The molecule has 0 unspecified atom stereocenters. The van der Waals surface area contributed by atoms with Crippen LogP contribution in [0, 0.1) is 6.92 Å². The number of nitrogens with zero attached hydrogens (tertiary/aromatic N) is 3. The standard InChI is InChI=1S/C25H33N3O3S2/c1-5-8-17-27(18-9-6-2)33(30,31)21-15-13-20(14-16-21)24(29)26-25-28(7-3)23-19(4)11-10-12-22(23)32-25/h10-16H,5-9,17-18H2,1-4H3. The fraction of sp³-hybridized carbons (Fsp3) is 0.440. The summed E-state index contributed by atoms with van der Waals surface area (Å²) in [6.45, 7) is 9.91. The van der Waals surface area contributed by atoms with E-state index >= 15 is 0 Å². The zero-order valence-corrected chi connectivity index (χ0v) is 21.5. The fourth-order valence-corrected chi connectivity index (χ4v) is 6.46. The quantitative estimate of drug-likeness (QED) is 0.386. The second-order valence-corrected chi connectivity index (χ2v) is 11.1. The number of aromatic nitrogens is 1. The number of sulfonamides is 1. The van der Waals surface area contributed by atoms with E-state index in [1.54, 1.807) is 16.4 Å². The third kappa shape index (κ3) is 5.62. The number of rotatable bonds is 10. The van der Waals surface area contributed by atoms with E-state index in [1.165, 1.54) is 23.5 Å². The maximum absolute atomic E-state index is 13.1. The zero-order valence-electron chi connectivity index (χ0n) is 19.9. The maximum Gasteiger partial charge on any atom is 0.279 e. The minimum Gasteiger partial charge on any atom is -0.316 e. The molecule has 33 heavy (non-hydrogen) atoms. The highest BCUT2D eigenvalue weighted by Crippen LogP contribution is 2.21. The molecule has 0 aliphatic rings. The van der Waals surface area contributed by atoms with Gasteiger partial charge in [0.25, 0.3) is 5.91 Å². The Morgan fingerprint density at radius 2 is 1.64 bits per heavy atom. The van der Waals surface area contributed by atoms with Crippen LogP contribution in [0.2, 0.25) is 0 Å². The van der Waals surface area contributed by atoms with Crippen LogP contribution < -0.4 is 4.80 Å². The second-order valence-electron chi connectivity index (χ2n) is 8.10. The molecule has 0 N–H and O–H groups in total. The molecule has 0 saturated heterocycles. The summed E-state index contributed by atoms with van der Waals surface area (Å²) in [7, 11) is -3.59. The Kier molecular flexibility index (Phi) is 8.62. The molecule has 2 aromatic carbocycles. The molecule has 0 spiro atoms. The molecule has 1 amide bonds. The lowest BCUT2D eigenvalue weighted by atomic mass is 10.2. The second kappa shape index (κ2) is 11.2. The smallest absolute Gasteiger partial charge is 0.279 e. The van der Waals surface area contributed by atoms with Crippen LogP contribution in [-0.4, -0.2) is 36.3 Å². The van der Waals surface area contributed by atoms with Gasteiger partial charge in [-0.15, -0.1) is 0 Å². The number of carbonyl (C=O) groups excluding carboxylic acids is 1. The molecular formula is C25H33N3O3S2. The van der Waals surface area contributed by atoms with Gasteiger partial charge in [0.1, 0.15) is 0 Å². The molecule has 0 bridgehead atoms. The van der Waals surface area contributed by atoms with E-state index in [4.69, 9.17) is 0 Å². The van der Waals surface area contributed by atoms with E-state index in [0.717, 1.165) is 41.5 Å². The first kappa shape index (κ1) is 25.3. The van der Waals surface area contributed by atoms with Gasteiger partial charge in [0.2, 0.25) is 10.0 Å².